The number of hydrogen-bond donors (Lipinski definition) is 2. The van der Waals surface area contributed by atoms with Crippen LogP contribution in [0.5, 0.6) is 0 Å². The maximum Gasteiger partial charge on any atom is 0.338 e. The zero-order valence-electron chi connectivity index (χ0n) is 19.3. The minimum absolute atomic E-state index is 0.211. The first-order chi connectivity index (χ1) is 15.6. The molecular weight excluding hydrogens is 422 g/mol. The van der Waals surface area contributed by atoms with Gasteiger partial charge in [0.05, 0.1) is 17.7 Å². The number of aromatic carboxylic acids is 1. The van der Waals surface area contributed by atoms with Crippen molar-refractivity contribution in [3.8, 4) is 0 Å². The van der Waals surface area contributed by atoms with E-state index in [1.165, 1.54) is 0 Å². The van der Waals surface area contributed by atoms with Gasteiger partial charge in [0.1, 0.15) is 0 Å². The van der Waals surface area contributed by atoms with Gasteiger partial charge in [0.15, 0.2) is 0 Å². The van der Waals surface area contributed by atoms with E-state index >= 15 is 0 Å². The smallest absolute Gasteiger partial charge is 0.338 e. The number of esters is 1. The van der Waals surface area contributed by atoms with Crippen LogP contribution in [0, 0.1) is 27.7 Å². The van der Waals surface area contributed by atoms with E-state index in [4.69, 9.17) is 9.84 Å². The molecule has 0 aliphatic carbocycles. The summed E-state index contributed by atoms with van der Waals surface area (Å²) in [7, 11) is 0. The lowest BCUT2D eigenvalue weighted by Gasteiger charge is -2.08. The molecule has 3 aromatic rings. The topological polar surface area (TPSA) is 118 Å². The van der Waals surface area contributed by atoms with Crippen molar-refractivity contribution in [2.75, 3.05) is 11.9 Å². The molecule has 0 spiro atoms. The average molecular weight is 450 g/mol. The zero-order valence-corrected chi connectivity index (χ0v) is 19.3. The number of amides is 1. The predicted molar refractivity (Wildman–Crippen MR) is 125 cm³/mol. The Hall–Kier alpha value is -4.07. The fourth-order valence-electron chi connectivity index (χ4n) is 3.03. The van der Waals surface area contributed by atoms with Gasteiger partial charge >= 0.3 is 11.9 Å². The van der Waals surface area contributed by atoms with Gasteiger partial charge in [-0.05, 0) is 83.1 Å². The number of rotatable bonds is 5. The van der Waals surface area contributed by atoms with Crippen LogP contribution in [0.15, 0.2) is 48.5 Å². The lowest BCUT2D eigenvalue weighted by Crippen LogP contribution is -2.13. The van der Waals surface area contributed by atoms with Gasteiger partial charge < -0.3 is 15.2 Å². The Morgan fingerprint density at radius 2 is 1.24 bits per heavy atom. The number of aromatic nitrogens is 2. The monoisotopic (exact) mass is 449 g/mol. The van der Waals surface area contributed by atoms with Crippen molar-refractivity contribution in [2.24, 2.45) is 0 Å². The number of benzene rings is 1. The molecule has 0 saturated carbocycles. The summed E-state index contributed by atoms with van der Waals surface area (Å²) < 4.78 is 4.91. The van der Waals surface area contributed by atoms with Crippen LogP contribution >= 0.6 is 0 Å². The fourth-order valence-corrected chi connectivity index (χ4v) is 3.03. The van der Waals surface area contributed by atoms with E-state index < -0.39 is 5.97 Å². The Morgan fingerprint density at radius 3 is 1.67 bits per heavy atom. The maximum absolute atomic E-state index is 12.2. The Morgan fingerprint density at radius 1 is 0.788 bits per heavy atom. The third-order valence-corrected chi connectivity index (χ3v) is 4.33. The number of nitrogens with one attached hydrogen (secondary N) is 1. The molecule has 2 N–H and O–H groups in total. The summed E-state index contributed by atoms with van der Waals surface area (Å²) in [6, 6.07) is 13.2. The SMILES string of the molecule is CCOC(=O)c1ccc(NC(=O)c2cc(C)nc(C)c2)cc1.Cc1cc(C(=O)O)cc(C)n1. The van der Waals surface area contributed by atoms with Crippen LogP contribution in [-0.2, 0) is 4.74 Å². The van der Waals surface area contributed by atoms with E-state index in [9.17, 15) is 14.4 Å². The fraction of sp³-hybridized carbons (Fsp3) is 0.240. The highest BCUT2D eigenvalue weighted by Gasteiger charge is 2.10. The third-order valence-electron chi connectivity index (χ3n) is 4.33. The number of anilines is 1. The highest BCUT2D eigenvalue weighted by atomic mass is 16.5. The average Bonchev–Trinajstić information content (AvgIpc) is 2.73. The molecule has 1 aromatic carbocycles. The van der Waals surface area contributed by atoms with Crippen molar-refractivity contribution in [3.63, 3.8) is 0 Å². The molecule has 0 fully saturated rings. The molecule has 33 heavy (non-hydrogen) atoms. The van der Waals surface area contributed by atoms with E-state index in [2.05, 4.69) is 15.3 Å². The van der Waals surface area contributed by atoms with Gasteiger partial charge in [0.2, 0.25) is 0 Å². The summed E-state index contributed by atoms with van der Waals surface area (Å²) in [6.45, 7) is 9.33. The van der Waals surface area contributed by atoms with Gasteiger partial charge in [-0.2, -0.15) is 0 Å². The molecule has 0 saturated heterocycles. The first-order valence-electron chi connectivity index (χ1n) is 10.3. The molecule has 0 atom stereocenters. The molecule has 0 bridgehead atoms. The molecule has 0 aliphatic rings. The highest BCUT2D eigenvalue weighted by Crippen LogP contribution is 2.13. The lowest BCUT2D eigenvalue weighted by molar-refractivity contribution is 0.0525. The first kappa shape index (κ1) is 25.2. The minimum atomic E-state index is -0.904. The molecule has 8 nitrogen and oxygen atoms in total. The molecule has 172 valence electrons. The van der Waals surface area contributed by atoms with Gasteiger partial charge in [-0.3, -0.25) is 14.8 Å². The van der Waals surface area contributed by atoms with Gasteiger partial charge in [0, 0.05) is 34.0 Å². The standard InChI is InChI=1S/C17H18N2O3.C8H9NO2/c1-4-22-17(21)13-5-7-15(8-6-13)19-16(20)14-9-11(2)18-12(3)10-14;1-5-3-7(8(10)11)4-6(2)9-5/h5-10H,4H2,1-3H3,(H,19,20);3-4H,1-2H3,(H,10,11). The minimum Gasteiger partial charge on any atom is -0.478 e. The van der Waals surface area contributed by atoms with Crippen molar-refractivity contribution in [2.45, 2.75) is 34.6 Å². The summed E-state index contributed by atoms with van der Waals surface area (Å²) in [4.78, 5) is 42.5. The summed E-state index contributed by atoms with van der Waals surface area (Å²) in [5.74, 6) is -1.49. The summed E-state index contributed by atoms with van der Waals surface area (Å²) in [5, 5.41) is 11.4. The maximum atomic E-state index is 12.2. The Labute approximate surface area is 192 Å². The third kappa shape index (κ3) is 7.84. The van der Waals surface area contributed by atoms with Gasteiger partial charge in [-0.25, -0.2) is 9.59 Å². The Bertz CT molecular complexity index is 1120. The van der Waals surface area contributed by atoms with Crippen LogP contribution in [0.2, 0.25) is 0 Å². The molecule has 0 aliphatic heterocycles. The lowest BCUT2D eigenvalue weighted by atomic mass is 10.1. The van der Waals surface area contributed by atoms with Crippen molar-refractivity contribution >= 4 is 23.5 Å². The second-order valence-corrected chi connectivity index (χ2v) is 7.33. The number of carboxylic acids is 1. The number of aryl methyl sites for hydroxylation is 4. The number of carbonyl (C=O) groups excluding carboxylic acids is 2. The normalized spacial score (nSPS) is 9.97. The molecule has 0 unspecified atom stereocenters. The van der Waals surface area contributed by atoms with Crippen LogP contribution < -0.4 is 5.32 Å². The molecule has 2 heterocycles. The number of carbonyl (C=O) groups is 3. The van der Waals surface area contributed by atoms with E-state index in [1.807, 2.05) is 13.8 Å². The molecule has 3 rings (SSSR count). The van der Waals surface area contributed by atoms with Gasteiger partial charge in [0.25, 0.3) is 5.91 Å². The van der Waals surface area contributed by atoms with Crippen molar-refractivity contribution in [1.82, 2.24) is 9.97 Å². The summed E-state index contributed by atoms with van der Waals surface area (Å²) >= 11 is 0. The van der Waals surface area contributed by atoms with E-state index in [-0.39, 0.29) is 11.9 Å². The van der Waals surface area contributed by atoms with Crippen molar-refractivity contribution < 1.29 is 24.2 Å². The highest BCUT2D eigenvalue weighted by molar-refractivity contribution is 6.04. The second-order valence-electron chi connectivity index (χ2n) is 7.33. The number of hydrogen-bond acceptors (Lipinski definition) is 6. The van der Waals surface area contributed by atoms with Crippen LogP contribution in [0.1, 0.15) is 60.8 Å². The van der Waals surface area contributed by atoms with Crippen LogP contribution in [0.3, 0.4) is 0 Å². The zero-order chi connectivity index (χ0) is 24.5. The Balaban J connectivity index is 0.000000294. The van der Waals surface area contributed by atoms with Crippen molar-refractivity contribution in [1.29, 1.82) is 0 Å². The second kappa shape index (κ2) is 11.5. The molecule has 2 aromatic heterocycles. The Kier molecular flexibility index (Phi) is 8.80. The van der Waals surface area contributed by atoms with E-state index in [1.54, 1.807) is 69.3 Å². The van der Waals surface area contributed by atoms with Crippen LogP contribution in [0.25, 0.3) is 0 Å². The van der Waals surface area contributed by atoms with E-state index in [0.29, 0.717) is 29.0 Å². The largest absolute Gasteiger partial charge is 0.478 e. The molecule has 0 radical (unpaired) electrons. The van der Waals surface area contributed by atoms with Crippen molar-refractivity contribution in [3.05, 3.63) is 88.0 Å². The van der Waals surface area contributed by atoms with Gasteiger partial charge in [-0.15, -0.1) is 0 Å². The number of pyridine rings is 2. The van der Waals surface area contributed by atoms with Crippen LogP contribution in [-0.4, -0.2) is 39.5 Å². The number of carboxylic acid groups (broad SMARTS) is 1. The number of ether oxygens (including phenoxy) is 1. The summed E-state index contributed by atoms with van der Waals surface area (Å²) in [5.41, 5.74) is 4.99. The summed E-state index contributed by atoms with van der Waals surface area (Å²) in [6.07, 6.45) is 0. The van der Waals surface area contributed by atoms with Gasteiger partial charge in [-0.1, -0.05) is 0 Å². The van der Waals surface area contributed by atoms with Crippen LogP contribution in [0.4, 0.5) is 5.69 Å². The quantitative estimate of drug-likeness (QED) is 0.550. The number of nitrogens with zero attached hydrogens (tertiary/aromatic N) is 2. The molecule has 1 amide bonds. The first-order valence-corrected chi connectivity index (χ1v) is 10.3. The molecule has 8 heteroatoms. The predicted octanol–water partition coefficient (Wildman–Crippen LogP) is 4.52. The molecular formula is C25H27N3O5. The van der Waals surface area contributed by atoms with E-state index in [0.717, 1.165) is 22.8 Å².